The fraction of sp³-hybridized carbons (Fsp3) is 0.455. The molecule has 1 aromatic rings. The number of halogens is 1. The van der Waals surface area contributed by atoms with Gasteiger partial charge in [0.25, 0.3) is 0 Å². The van der Waals surface area contributed by atoms with Crippen LogP contribution >= 0.6 is 11.6 Å². The standard InChI is InChI=1S/C11H14ClNO2/c1-14-9-6-7(12)5-8(10(9)15-2)11(13)3-4-11/h5-6H,3-4,13H2,1-2H3. The fourth-order valence-corrected chi connectivity index (χ4v) is 1.91. The van der Waals surface area contributed by atoms with Gasteiger partial charge in [-0.15, -0.1) is 0 Å². The molecule has 0 aliphatic heterocycles. The largest absolute Gasteiger partial charge is 0.493 e. The summed E-state index contributed by atoms with van der Waals surface area (Å²) in [5.41, 5.74) is 6.81. The monoisotopic (exact) mass is 227 g/mol. The molecule has 1 aromatic carbocycles. The Kier molecular flexibility index (Phi) is 2.52. The van der Waals surface area contributed by atoms with Crippen molar-refractivity contribution < 1.29 is 9.47 Å². The number of hydrogen-bond donors (Lipinski definition) is 1. The van der Waals surface area contributed by atoms with Crippen LogP contribution in [0.5, 0.6) is 11.5 Å². The van der Waals surface area contributed by atoms with Gasteiger partial charge in [0.05, 0.1) is 14.2 Å². The van der Waals surface area contributed by atoms with Gasteiger partial charge in [0, 0.05) is 22.2 Å². The predicted molar refractivity (Wildman–Crippen MR) is 59.7 cm³/mol. The maximum atomic E-state index is 6.14. The topological polar surface area (TPSA) is 44.5 Å². The van der Waals surface area contributed by atoms with Crippen LogP contribution in [0.1, 0.15) is 18.4 Å². The Morgan fingerprint density at radius 2 is 1.93 bits per heavy atom. The van der Waals surface area contributed by atoms with Crippen molar-refractivity contribution >= 4 is 11.6 Å². The molecule has 1 fully saturated rings. The Hall–Kier alpha value is -0.930. The van der Waals surface area contributed by atoms with Crippen LogP contribution in [0.15, 0.2) is 12.1 Å². The molecule has 2 N–H and O–H groups in total. The van der Waals surface area contributed by atoms with Crippen LogP contribution in [0.4, 0.5) is 0 Å². The predicted octanol–water partition coefficient (Wildman–Crippen LogP) is 2.31. The normalized spacial score (nSPS) is 17.3. The van der Waals surface area contributed by atoms with Crippen molar-refractivity contribution in [1.82, 2.24) is 0 Å². The quantitative estimate of drug-likeness (QED) is 0.862. The highest BCUT2D eigenvalue weighted by atomic mass is 35.5. The average molecular weight is 228 g/mol. The Morgan fingerprint density at radius 3 is 2.40 bits per heavy atom. The summed E-state index contributed by atoms with van der Waals surface area (Å²) in [7, 11) is 3.20. The van der Waals surface area contributed by atoms with E-state index in [1.165, 1.54) is 0 Å². The van der Waals surface area contributed by atoms with Gasteiger partial charge in [-0.05, 0) is 18.9 Å². The molecular weight excluding hydrogens is 214 g/mol. The minimum Gasteiger partial charge on any atom is -0.493 e. The van der Waals surface area contributed by atoms with E-state index >= 15 is 0 Å². The van der Waals surface area contributed by atoms with Crippen molar-refractivity contribution in [3.05, 3.63) is 22.7 Å². The summed E-state index contributed by atoms with van der Waals surface area (Å²) >= 11 is 6.00. The first kappa shape index (κ1) is 10.6. The first-order valence-electron chi connectivity index (χ1n) is 4.81. The maximum absolute atomic E-state index is 6.14. The van der Waals surface area contributed by atoms with E-state index in [0.29, 0.717) is 16.5 Å². The van der Waals surface area contributed by atoms with Gasteiger partial charge in [0.2, 0.25) is 0 Å². The number of rotatable bonds is 3. The molecule has 0 amide bonds. The maximum Gasteiger partial charge on any atom is 0.165 e. The molecule has 0 aromatic heterocycles. The van der Waals surface area contributed by atoms with E-state index in [2.05, 4.69) is 0 Å². The van der Waals surface area contributed by atoms with Crippen molar-refractivity contribution in [2.24, 2.45) is 5.73 Å². The molecule has 1 saturated carbocycles. The lowest BCUT2D eigenvalue weighted by molar-refractivity contribution is 0.348. The van der Waals surface area contributed by atoms with Crippen molar-refractivity contribution in [2.45, 2.75) is 18.4 Å². The third kappa shape index (κ3) is 1.77. The van der Waals surface area contributed by atoms with Crippen molar-refractivity contribution in [2.75, 3.05) is 14.2 Å². The molecule has 3 nitrogen and oxygen atoms in total. The Morgan fingerprint density at radius 1 is 1.27 bits per heavy atom. The molecule has 0 unspecified atom stereocenters. The lowest BCUT2D eigenvalue weighted by Crippen LogP contribution is -2.20. The summed E-state index contributed by atoms with van der Waals surface area (Å²) < 4.78 is 10.5. The second kappa shape index (κ2) is 3.58. The fourth-order valence-electron chi connectivity index (χ4n) is 1.70. The number of benzene rings is 1. The van der Waals surface area contributed by atoms with Gasteiger partial charge in [-0.3, -0.25) is 0 Å². The highest BCUT2D eigenvalue weighted by Crippen LogP contribution is 2.50. The van der Waals surface area contributed by atoms with E-state index in [1.54, 1.807) is 20.3 Å². The van der Waals surface area contributed by atoms with E-state index < -0.39 is 0 Å². The zero-order valence-corrected chi connectivity index (χ0v) is 9.60. The van der Waals surface area contributed by atoms with Gasteiger partial charge in [0.15, 0.2) is 11.5 Å². The number of ether oxygens (including phenoxy) is 2. The number of nitrogens with two attached hydrogens (primary N) is 1. The number of methoxy groups -OCH3 is 2. The molecule has 0 spiro atoms. The molecule has 0 bridgehead atoms. The summed E-state index contributed by atoms with van der Waals surface area (Å²) in [5, 5.41) is 0.624. The highest BCUT2D eigenvalue weighted by molar-refractivity contribution is 6.30. The molecular formula is C11H14ClNO2. The third-order valence-corrected chi connectivity index (χ3v) is 2.99. The Balaban J connectivity index is 2.56. The summed E-state index contributed by atoms with van der Waals surface area (Å²) in [6.45, 7) is 0. The van der Waals surface area contributed by atoms with Gasteiger partial charge >= 0.3 is 0 Å². The molecule has 82 valence electrons. The second-order valence-electron chi connectivity index (χ2n) is 3.84. The van der Waals surface area contributed by atoms with E-state index in [4.69, 9.17) is 26.8 Å². The first-order valence-corrected chi connectivity index (χ1v) is 5.19. The van der Waals surface area contributed by atoms with Crippen molar-refractivity contribution in [3.8, 4) is 11.5 Å². The molecule has 0 heterocycles. The van der Waals surface area contributed by atoms with E-state index in [1.807, 2.05) is 6.07 Å². The average Bonchev–Trinajstić information content (AvgIpc) is 2.96. The van der Waals surface area contributed by atoms with Crippen molar-refractivity contribution in [3.63, 3.8) is 0 Å². The summed E-state index contributed by atoms with van der Waals surface area (Å²) in [6, 6.07) is 3.59. The van der Waals surface area contributed by atoms with Crippen molar-refractivity contribution in [1.29, 1.82) is 0 Å². The van der Waals surface area contributed by atoms with Gasteiger partial charge in [-0.1, -0.05) is 11.6 Å². The summed E-state index contributed by atoms with van der Waals surface area (Å²) in [6.07, 6.45) is 1.93. The van der Waals surface area contributed by atoms with Gasteiger partial charge in [-0.2, -0.15) is 0 Å². The molecule has 0 radical (unpaired) electrons. The van der Waals surface area contributed by atoms with Gasteiger partial charge in [0.1, 0.15) is 0 Å². The van der Waals surface area contributed by atoms with Crippen LogP contribution < -0.4 is 15.2 Å². The third-order valence-electron chi connectivity index (χ3n) is 2.77. The molecule has 2 rings (SSSR count). The Labute approximate surface area is 94.1 Å². The van der Waals surface area contributed by atoms with Crippen LogP contribution in [0.25, 0.3) is 0 Å². The minimum atomic E-state index is -0.274. The molecule has 0 saturated heterocycles. The van der Waals surface area contributed by atoms with E-state index in [9.17, 15) is 0 Å². The lowest BCUT2D eigenvalue weighted by Gasteiger charge is -2.17. The van der Waals surface area contributed by atoms with Crippen LogP contribution in [0.2, 0.25) is 5.02 Å². The van der Waals surface area contributed by atoms with E-state index in [-0.39, 0.29) is 5.54 Å². The SMILES string of the molecule is COc1cc(Cl)cc(C2(N)CC2)c1OC. The van der Waals surface area contributed by atoms with Crippen LogP contribution in [-0.2, 0) is 5.54 Å². The molecule has 15 heavy (non-hydrogen) atoms. The van der Waals surface area contributed by atoms with E-state index in [0.717, 1.165) is 18.4 Å². The molecule has 4 heteroatoms. The molecule has 0 atom stereocenters. The zero-order chi connectivity index (χ0) is 11.1. The smallest absolute Gasteiger partial charge is 0.165 e. The Bertz CT molecular complexity index is 388. The highest BCUT2D eigenvalue weighted by Gasteiger charge is 2.43. The molecule has 1 aliphatic rings. The minimum absolute atomic E-state index is 0.274. The number of hydrogen-bond acceptors (Lipinski definition) is 3. The summed E-state index contributed by atoms with van der Waals surface area (Å²) in [4.78, 5) is 0. The van der Waals surface area contributed by atoms with Crippen LogP contribution in [0.3, 0.4) is 0 Å². The first-order chi connectivity index (χ1) is 7.10. The summed E-state index contributed by atoms with van der Waals surface area (Å²) in [5.74, 6) is 1.33. The van der Waals surface area contributed by atoms with Crippen LogP contribution in [-0.4, -0.2) is 14.2 Å². The van der Waals surface area contributed by atoms with Gasteiger partial charge in [-0.25, -0.2) is 0 Å². The molecule has 1 aliphatic carbocycles. The second-order valence-corrected chi connectivity index (χ2v) is 4.28. The zero-order valence-electron chi connectivity index (χ0n) is 8.84. The van der Waals surface area contributed by atoms with Crippen LogP contribution in [0, 0.1) is 0 Å². The van der Waals surface area contributed by atoms with Gasteiger partial charge < -0.3 is 15.2 Å². The lowest BCUT2D eigenvalue weighted by atomic mass is 10.0.